The van der Waals surface area contributed by atoms with Crippen molar-refractivity contribution in [2.45, 2.75) is 25.5 Å². The molecular formula is C15H19N3O3. The maximum atomic E-state index is 9.48. The molecule has 6 heteroatoms. The fourth-order valence-corrected chi connectivity index (χ4v) is 2.60. The molecule has 0 unspecified atom stereocenters. The molecule has 6 nitrogen and oxygen atoms in total. The molecule has 1 aliphatic rings. The minimum Gasteiger partial charge on any atom is -0.394 e. The van der Waals surface area contributed by atoms with Crippen molar-refractivity contribution in [2.75, 3.05) is 25.2 Å². The molecule has 0 saturated carbocycles. The van der Waals surface area contributed by atoms with Crippen molar-refractivity contribution in [3.8, 4) is 11.4 Å². The third-order valence-electron chi connectivity index (χ3n) is 3.89. The van der Waals surface area contributed by atoms with Crippen LogP contribution in [0.1, 0.15) is 12.0 Å². The van der Waals surface area contributed by atoms with Crippen molar-refractivity contribution in [3.63, 3.8) is 0 Å². The lowest BCUT2D eigenvalue weighted by atomic mass is 10.1. The Morgan fingerprint density at radius 3 is 2.81 bits per heavy atom. The van der Waals surface area contributed by atoms with Crippen LogP contribution in [0.4, 0.5) is 6.01 Å². The van der Waals surface area contributed by atoms with Crippen LogP contribution in [0.5, 0.6) is 0 Å². The molecule has 0 aliphatic carbocycles. The molecule has 1 fully saturated rings. The summed E-state index contributed by atoms with van der Waals surface area (Å²) in [5, 5.41) is 13.5. The number of rotatable bonds is 4. The van der Waals surface area contributed by atoms with E-state index in [-0.39, 0.29) is 18.8 Å². The first-order valence-electron chi connectivity index (χ1n) is 7.02. The van der Waals surface area contributed by atoms with Crippen LogP contribution >= 0.6 is 0 Å². The SMILES string of the molecule is CO[C@@H]1C[C@@H](CO)N(c2nc(-c3ccc(C)cc3)no2)C1. The molecule has 112 valence electrons. The molecule has 0 amide bonds. The minimum atomic E-state index is -0.0405. The van der Waals surface area contributed by atoms with Crippen molar-refractivity contribution >= 4 is 6.01 Å². The first-order valence-corrected chi connectivity index (χ1v) is 7.02. The predicted octanol–water partition coefficient (Wildman–Crippen LogP) is 1.63. The van der Waals surface area contributed by atoms with E-state index < -0.39 is 0 Å². The van der Waals surface area contributed by atoms with Gasteiger partial charge in [0.1, 0.15) is 0 Å². The fourth-order valence-electron chi connectivity index (χ4n) is 2.60. The quantitative estimate of drug-likeness (QED) is 0.922. The Morgan fingerprint density at radius 2 is 2.14 bits per heavy atom. The van der Waals surface area contributed by atoms with Crippen molar-refractivity contribution in [1.29, 1.82) is 0 Å². The highest BCUT2D eigenvalue weighted by molar-refractivity contribution is 5.56. The number of methoxy groups -OCH3 is 1. The number of benzene rings is 1. The number of aliphatic hydroxyl groups excluding tert-OH is 1. The normalized spacial score (nSPS) is 22.0. The largest absolute Gasteiger partial charge is 0.394 e. The number of aromatic nitrogens is 2. The zero-order chi connectivity index (χ0) is 14.8. The van der Waals surface area contributed by atoms with E-state index in [1.807, 2.05) is 36.1 Å². The molecule has 1 saturated heterocycles. The predicted molar refractivity (Wildman–Crippen MR) is 78.1 cm³/mol. The van der Waals surface area contributed by atoms with Gasteiger partial charge in [-0.15, -0.1) is 0 Å². The van der Waals surface area contributed by atoms with E-state index in [0.29, 0.717) is 18.4 Å². The summed E-state index contributed by atoms with van der Waals surface area (Å²) >= 11 is 0. The second-order valence-electron chi connectivity index (χ2n) is 5.35. The number of aliphatic hydroxyl groups is 1. The molecule has 2 heterocycles. The topological polar surface area (TPSA) is 71.6 Å². The summed E-state index contributed by atoms with van der Waals surface area (Å²) in [4.78, 5) is 6.36. The number of anilines is 1. The van der Waals surface area contributed by atoms with Gasteiger partial charge in [-0.3, -0.25) is 0 Å². The van der Waals surface area contributed by atoms with E-state index in [0.717, 1.165) is 12.0 Å². The summed E-state index contributed by atoms with van der Waals surface area (Å²) in [5.74, 6) is 0.558. The summed E-state index contributed by atoms with van der Waals surface area (Å²) < 4.78 is 10.7. The van der Waals surface area contributed by atoms with E-state index in [1.54, 1.807) is 7.11 Å². The summed E-state index contributed by atoms with van der Waals surface area (Å²) in [6.07, 6.45) is 0.840. The third-order valence-corrected chi connectivity index (χ3v) is 3.89. The van der Waals surface area contributed by atoms with Gasteiger partial charge in [-0.1, -0.05) is 35.0 Å². The van der Waals surface area contributed by atoms with Crippen LogP contribution in [0, 0.1) is 6.92 Å². The smallest absolute Gasteiger partial charge is 0.324 e. The highest BCUT2D eigenvalue weighted by Gasteiger charge is 2.34. The molecule has 0 radical (unpaired) electrons. The van der Waals surface area contributed by atoms with Gasteiger partial charge in [0, 0.05) is 19.2 Å². The first-order chi connectivity index (χ1) is 10.2. The Bertz CT molecular complexity index is 596. The van der Waals surface area contributed by atoms with E-state index in [1.165, 1.54) is 5.56 Å². The Labute approximate surface area is 123 Å². The molecular weight excluding hydrogens is 270 g/mol. The lowest BCUT2D eigenvalue weighted by Gasteiger charge is -2.19. The maximum absolute atomic E-state index is 9.48. The Hall–Kier alpha value is -1.92. The van der Waals surface area contributed by atoms with Gasteiger partial charge >= 0.3 is 6.01 Å². The first kappa shape index (κ1) is 14.0. The van der Waals surface area contributed by atoms with Crippen molar-refractivity contribution in [1.82, 2.24) is 10.1 Å². The highest BCUT2D eigenvalue weighted by Crippen LogP contribution is 2.27. The molecule has 2 atom stereocenters. The molecule has 2 aromatic rings. The summed E-state index contributed by atoms with van der Waals surface area (Å²) in [7, 11) is 1.67. The summed E-state index contributed by atoms with van der Waals surface area (Å²) in [6.45, 7) is 2.73. The van der Waals surface area contributed by atoms with Crippen molar-refractivity contribution in [2.24, 2.45) is 0 Å². The van der Waals surface area contributed by atoms with Gasteiger partial charge in [0.2, 0.25) is 5.82 Å². The Morgan fingerprint density at radius 1 is 1.38 bits per heavy atom. The summed E-state index contributed by atoms with van der Waals surface area (Å²) in [6, 6.07) is 8.35. The zero-order valence-electron chi connectivity index (χ0n) is 12.2. The van der Waals surface area contributed by atoms with Crippen molar-refractivity contribution < 1.29 is 14.4 Å². The number of hydrogen-bond acceptors (Lipinski definition) is 6. The Kier molecular flexibility index (Phi) is 3.90. The van der Waals surface area contributed by atoms with E-state index in [4.69, 9.17) is 9.26 Å². The van der Waals surface area contributed by atoms with Crippen LogP contribution in [0.25, 0.3) is 11.4 Å². The van der Waals surface area contributed by atoms with E-state index in [2.05, 4.69) is 10.1 Å². The summed E-state index contributed by atoms with van der Waals surface area (Å²) in [5.41, 5.74) is 2.10. The molecule has 21 heavy (non-hydrogen) atoms. The molecule has 3 rings (SSSR count). The number of ether oxygens (including phenoxy) is 1. The van der Waals surface area contributed by atoms with E-state index in [9.17, 15) is 5.11 Å². The van der Waals surface area contributed by atoms with Crippen LogP contribution in [-0.4, -0.2) is 47.7 Å². The molecule has 0 bridgehead atoms. The van der Waals surface area contributed by atoms with Gasteiger partial charge in [-0.2, -0.15) is 4.98 Å². The van der Waals surface area contributed by atoms with Crippen LogP contribution in [0.3, 0.4) is 0 Å². The van der Waals surface area contributed by atoms with Gasteiger partial charge < -0.3 is 19.3 Å². The number of hydrogen-bond donors (Lipinski definition) is 1. The molecule has 1 aromatic carbocycles. The van der Waals surface area contributed by atoms with Gasteiger partial charge in [-0.05, 0) is 13.3 Å². The van der Waals surface area contributed by atoms with Gasteiger partial charge in [0.05, 0.1) is 18.8 Å². The van der Waals surface area contributed by atoms with Crippen LogP contribution < -0.4 is 4.90 Å². The molecule has 1 aliphatic heterocycles. The second-order valence-corrected chi connectivity index (χ2v) is 5.35. The average Bonchev–Trinajstić information content (AvgIpc) is 3.14. The number of nitrogens with zero attached hydrogens (tertiary/aromatic N) is 3. The minimum absolute atomic E-state index is 0.0405. The zero-order valence-corrected chi connectivity index (χ0v) is 12.2. The lowest BCUT2D eigenvalue weighted by molar-refractivity contribution is 0.115. The third kappa shape index (κ3) is 2.77. The monoisotopic (exact) mass is 289 g/mol. The highest BCUT2D eigenvalue weighted by atomic mass is 16.5. The van der Waals surface area contributed by atoms with Gasteiger partial charge in [-0.25, -0.2) is 0 Å². The molecule has 1 N–H and O–H groups in total. The second kappa shape index (κ2) is 5.83. The molecule has 1 aromatic heterocycles. The number of aryl methyl sites for hydroxylation is 1. The molecule has 0 spiro atoms. The fraction of sp³-hybridized carbons (Fsp3) is 0.467. The maximum Gasteiger partial charge on any atom is 0.324 e. The van der Waals surface area contributed by atoms with Crippen molar-refractivity contribution in [3.05, 3.63) is 29.8 Å². The van der Waals surface area contributed by atoms with Crippen LogP contribution in [0.2, 0.25) is 0 Å². The van der Waals surface area contributed by atoms with Gasteiger partial charge in [0.25, 0.3) is 0 Å². The van der Waals surface area contributed by atoms with Crippen LogP contribution in [0.15, 0.2) is 28.8 Å². The van der Waals surface area contributed by atoms with Crippen LogP contribution in [-0.2, 0) is 4.74 Å². The Balaban J connectivity index is 1.82. The lowest BCUT2D eigenvalue weighted by Crippen LogP contribution is -2.32. The standard InChI is InChI=1S/C15H19N3O3/c1-10-3-5-11(6-4-10)14-16-15(21-17-14)18-8-13(20-2)7-12(18)9-19/h3-6,12-13,19H,7-9H2,1-2H3/t12-,13+/m0/s1. The van der Waals surface area contributed by atoms with Gasteiger partial charge in [0.15, 0.2) is 0 Å². The average molecular weight is 289 g/mol. The van der Waals surface area contributed by atoms with E-state index >= 15 is 0 Å².